The normalized spacial score (nSPS) is 16.2. The number of halogens is 4. The van der Waals surface area contributed by atoms with E-state index in [1.54, 1.807) is 30.3 Å². The molecule has 3 aromatic rings. The van der Waals surface area contributed by atoms with Crippen molar-refractivity contribution in [2.24, 2.45) is 5.73 Å². The number of carbonyl (C=O) groups excluding carboxylic acids is 2. The molecule has 1 aliphatic carbocycles. The fraction of sp³-hybridized carbons (Fsp3) is 0.290. The maximum absolute atomic E-state index is 13.9. The number of ether oxygens (including phenoxy) is 3. The fourth-order valence-electron chi connectivity index (χ4n) is 5.01. The standard InChI is InChI=1S/C31H28Cl2F2N2O5/c32-24-4-2-1-3-20(24)18-42-29(38)23-17-37(31(12-13-31)30(36)39)14-11-22(23)19-5-7-21(8-6-19)40-15-16-41-28-26(35)10-9-25(34)27(28)33/h1-10H,11-18H2,(H2,36,39). The van der Waals surface area contributed by atoms with Gasteiger partial charge in [-0.15, -0.1) is 0 Å². The summed E-state index contributed by atoms with van der Waals surface area (Å²) < 4.78 is 44.1. The van der Waals surface area contributed by atoms with Crippen molar-refractivity contribution in [2.45, 2.75) is 31.4 Å². The Morgan fingerprint density at radius 2 is 1.62 bits per heavy atom. The van der Waals surface area contributed by atoms with Gasteiger partial charge >= 0.3 is 5.97 Å². The van der Waals surface area contributed by atoms with Crippen LogP contribution >= 0.6 is 23.2 Å². The SMILES string of the molecule is NC(=O)C1(N2CCC(c3ccc(OCCOc4c(F)ccc(F)c4Cl)cc3)=C(C(=O)OCc3ccccc3Cl)C2)CC1. The minimum atomic E-state index is -0.779. The highest BCUT2D eigenvalue weighted by Crippen LogP contribution is 2.44. The van der Waals surface area contributed by atoms with Crippen molar-refractivity contribution in [1.29, 1.82) is 0 Å². The maximum atomic E-state index is 13.9. The molecule has 1 heterocycles. The third-order valence-electron chi connectivity index (χ3n) is 7.50. The van der Waals surface area contributed by atoms with E-state index in [1.165, 1.54) is 0 Å². The number of nitrogens with zero attached hydrogens (tertiary/aromatic N) is 1. The molecule has 3 aromatic carbocycles. The van der Waals surface area contributed by atoms with Crippen molar-refractivity contribution >= 4 is 40.7 Å². The van der Waals surface area contributed by atoms with Gasteiger partial charge in [0.25, 0.3) is 0 Å². The van der Waals surface area contributed by atoms with E-state index in [9.17, 15) is 18.4 Å². The second kappa shape index (κ2) is 12.7. The topological polar surface area (TPSA) is 91.1 Å². The third kappa shape index (κ3) is 6.38. The summed E-state index contributed by atoms with van der Waals surface area (Å²) in [6.07, 6.45) is 1.83. The van der Waals surface area contributed by atoms with Gasteiger partial charge in [0.05, 0.1) is 5.57 Å². The number of benzene rings is 3. The summed E-state index contributed by atoms with van der Waals surface area (Å²) in [6.45, 7) is 0.794. The highest BCUT2D eigenvalue weighted by Gasteiger charge is 2.54. The average molecular weight is 617 g/mol. The molecule has 0 aromatic heterocycles. The molecule has 0 saturated heterocycles. The third-order valence-corrected chi connectivity index (χ3v) is 8.22. The van der Waals surface area contributed by atoms with Gasteiger partial charge in [-0.05, 0) is 60.7 Å². The van der Waals surface area contributed by atoms with Crippen LogP contribution in [0.25, 0.3) is 5.57 Å². The number of esters is 1. The van der Waals surface area contributed by atoms with Crippen LogP contribution in [0.4, 0.5) is 8.78 Å². The highest BCUT2D eigenvalue weighted by molar-refractivity contribution is 6.32. The van der Waals surface area contributed by atoms with Crippen molar-refractivity contribution < 1.29 is 32.6 Å². The Kier molecular flexibility index (Phi) is 9.01. The number of hydrogen-bond donors (Lipinski definition) is 1. The van der Waals surface area contributed by atoms with Crippen LogP contribution in [0.3, 0.4) is 0 Å². The van der Waals surface area contributed by atoms with Crippen molar-refractivity contribution in [2.75, 3.05) is 26.3 Å². The van der Waals surface area contributed by atoms with Crippen LogP contribution in [0.1, 0.15) is 30.4 Å². The summed E-state index contributed by atoms with van der Waals surface area (Å²) in [5, 5.41) is 0.0731. The van der Waals surface area contributed by atoms with Crippen molar-refractivity contribution in [1.82, 2.24) is 4.90 Å². The molecular weight excluding hydrogens is 589 g/mol. The molecule has 2 aliphatic rings. The molecule has 1 amide bonds. The first-order valence-corrected chi connectivity index (χ1v) is 14.1. The number of carbonyl (C=O) groups is 2. The molecule has 0 spiro atoms. The zero-order valence-electron chi connectivity index (χ0n) is 22.5. The zero-order chi connectivity index (χ0) is 29.9. The Morgan fingerprint density at radius 1 is 0.929 bits per heavy atom. The van der Waals surface area contributed by atoms with Gasteiger partial charge in [-0.25, -0.2) is 13.6 Å². The van der Waals surface area contributed by atoms with Crippen LogP contribution in [-0.4, -0.2) is 48.6 Å². The van der Waals surface area contributed by atoms with E-state index in [4.69, 9.17) is 43.1 Å². The highest BCUT2D eigenvalue weighted by atomic mass is 35.5. The minimum absolute atomic E-state index is 0.00975. The van der Waals surface area contributed by atoms with Gasteiger partial charge in [0.1, 0.15) is 41.9 Å². The molecule has 2 N–H and O–H groups in total. The van der Waals surface area contributed by atoms with Gasteiger partial charge in [0.15, 0.2) is 11.6 Å². The Hall–Kier alpha value is -3.66. The van der Waals surface area contributed by atoms with Gasteiger partial charge in [-0.2, -0.15) is 0 Å². The molecule has 7 nitrogen and oxygen atoms in total. The predicted molar refractivity (Wildman–Crippen MR) is 154 cm³/mol. The molecule has 11 heteroatoms. The fourth-order valence-corrected chi connectivity index (χ4v) is 5.41. The van der Waals surface area contributed by atoms with Gasteiger partial charge in [0, 0.05) is 23.7 Å². The molecule has 5 rings (SSSR count). The molecule has 42 heavy (non-hydrogen) atoms. The van der Waals surface area contributed by atoms with E-state index in [-0.39, 0.29) is 38.0 Å². The Morgan fingerprint density at radius 3 is 2.31 bits per heavy atom. The van der Waals surface area contributed by atoms with Crippen LogP contribution in [0.2, 0.25) is 10.0 Å². The first-order chi connectivity index (χ1) is 20.2. The summed E-state index contributed by atoms with van der Waals surface area (Å²) in [6, 6.07) is 16.1. The van der Waals surface area contributed by atoms with E-state index in [2.05, 4.69) is 0 Å². The largest absolute Gasteiger partial charge is 0.490 e. The first-order valence-electron chi connectivity index (χ1n) is 13.4. The molecule has 220 valence electrons. The van der Waals surface area contributed by atoms with Crippen LogP contribution in [0.5, 0.6) is 11.5 Å². The summed E-state index contributed by atoms with van der Waals surface area (Å²) in [4.78, 5) is 27.6. The molecule has 0 radical (unpaired) electrons. The van der Waals surface area contributed by atoms with Crippen LogP contribution in [0.15, 0.2) is 66.2 Å². The van der Waals surface area contributed by atoms with E-state index in [0.717, 1.165) is 23.3 Å². The van der Waals surface area contributed by atoms with Crippen LogP contribution < -0.4 is 15.2 Å². The number of hydrogen-bond acceptors (Lipinski definition) is 6. The number of nitrogens with two attached hydrogens (primary N) is 1. The zero-order valence-corrected chi connectivity index (χ0v) is 24.0. The van der Waals surface area contributed by atoms with Crippen molar-refractivity contribution in [3.05, 3.63) is 99.0 Å². The van der Waals surface area contributed by atoms with Gasteiger partial charge in [-0.1, -0.05) is 53.5 Å². The van der Waals surface area contributed by atoms with E-state index < -0.39 is 28.2 Å². The quantitative estimate of drug-likeness (QED) is 0.163. The number of rotatable bonds is 11. The van der Waals surface area contributed by atoms with Crippen molar-refractivity contribution in [3.8, 4) is 11.5 Å². The number of primary amides is 1. The second-order valence-electron chi connectivity index (χ2n) is 10.1. The molecule has 0 atom stereocenters. The molecule has 0 bridgehead atoms. The summed E-state index contributed by atoms with van der Waals surface area (Å²) in [5.41, 5.74) is 7.74. The minimum Gasteiger partial charge on any atom is -0.490 e. The predicted octanol–water partition coefficient (Wildman–Crippen LogP) is 5.95. The van der Waals surface area contributed by atoms with E-state index in [1.807, 2.05) is 23.1 Å². The molecule has 1 aliphatic heterocycles. The lowest BCUT2D eigenvalue weighted by molar-refractivity contribution is -0.141. The average Bonchev–Trinajstić information content (AvgIpc) is 3.81. The summed E-state index contributed by atoms with van der Waals surface area (Å²) in [5.74, 6) is -2.28. The van der Waals surface area contributed by atoms with E-state index in [0.29, 0.717) is 47.7 Å². The monoisotopic (exact) mass is 616 g/mol. The molecule has 0 unspecified atom stereocenters. The Labute approximate surface area is 251 Å². The second-order valence-corrected chi connectivity index (χ2v) is 10.9. The van der Waals surface area contributed by atoms with Crippen molar-refractivity contribution in [3.63, 3.8) is 0 Å². The van der Waals surface area contributed by atoms with Crippen LogP contribution in [0, 0.1) is 11.6 Å². The van der Waals surface area contributed by atoms with Gasteiger partial charge < -0.3 is 19.9 Å². The van der Waals surface area contributed by atoms with E-state index >= 15 is 0 Å². The lowest BCUT2D eigenvalue weighted by Gasteiger charge is -2.35. The summed E-state index contributed by atoms with van der Waals surface area (Å²) in [7, 11) is 0. The van der Waals surface area contributed by atoms with Crippen LogP contribution in [-0.2, 0) is 20.9 Å². The molecule has 1 fully saturated rings. The molecule has 1 saturated carbocycles. The number of amides is 1. The first kappa shape index (κ1) is 29.8. The smallest absolute Gasteiger partial charge is 0.335 e. The maximum Gasteiger partial charge on any atom is 0.335 e. The Balaban J connectivity index is 1.28. The summed E-state index contributed by atoms with van der Waals surface area (Å²) >= 11 is 12.0. The molecular formula is C31H28Cl2F2N2O5. The Bertz CT molecular complexity index is 1530. The van der Waals surface area contributed by atoms with Gasteiger partial charge in [0.2, 0.25) is 5.91 Å². The lowest BCUT2D eigenvalue weighted by atomic mass is 9.92. The lowest BCUT2D eigenvalue weighted by Crippen LogP contribution is -2.50. The van der Waals surface area contributed by atoms with Gasteiger partial charge in [-0.3, -0.25) is 9.69 Å².